The first-order chi connectivity index (χ1) is 8.49. The third-order valence-electron chi connectivity index (χ3n) is 4.72. The maximum atomic E-state index is 3.79. The lowest BCUT2D eigenvalue weighted by molar-refractivity contribution is 0.0605. The fourth-order valence-corrected chi connectivity index (χ4v) is 3.05. The lowest BCUT2D eigenvalue weighted by Crippen LogP contribution is -2.60. The van der Waals surface area contributed by atoms with Crippen molar-refractivity contribution in [1.82, 2.24) is 10.2 Å². The maximum Gasteiger partial charge on any atom is 0.0226 e. The van der Waals surface area contributed by atoms with Gasteiger partial charge in [-0.25, -0.2) is 0 Å². The predicted octanol–water partition coefficient (Wildman–Crippen LogP) is 3.52. The molecule has 0 aromatic carbocycles. The highest BCUT2D eigenvalue weighted by Crippen LogP contribution is 2.22. The van der Waals surface area contributed by atoms with Gasteiger partial charge in [-0.3, -0.25) is 4.90 Å². The van der Waals surface area contributed by atoms with E-state index in [2.05, 4.69) is 51.8 Å². The molecule has 4 unspecified atom stereocenters. The van der Waals surface area contributed by atoms with Gasteiger partial charge in [0.2, 0.25) is 0 Å². The number of hydrogen-bond donors (Lipinski definition) is 1. The van der Waals surface area contributed by atoms with Crippen LogP contribution in [0.3, 0.4) is 0 Å². The number of nitrogens with one attached hydrogen (secondary N) is 1. The molecule has 0 spiro atoms. The Morgan fingerprint density at radius 2 is 1.78 bits per heavy atom. The van der Waals surface area contributed by atoms with Gasteiger partial charge in [0.25, 0.3) is 0 Å². The number of rotatable bonds is 6. The summed E-state index contributed by atoms with van der Waals surface area (Å²) in [7, 11) is 0. The molecular formula is C16H34N2. The predicted molar refractivity (Wildman–Crippen MR) is 80.9 cm³/mol. The molecule has 1 fully saturated rings. The van der Waals surface area contributed by atoms with E-state index >= 15 is 0 Å². The van der Waals surface area contributed by atoms with Gasteiger partial charge in [-0.2, -0.15) is 0 Å². The van der Waals surface area contributed by atoms with Crippen molar-refractivity contribution in [3.63, 3.8) is 0 Å². The lowest BCUT2D eigenvalue weighted by Gasteiger charge is -2.45. The summed E-state index contributed by atoms with van der Waals surface area (Å²) in [5.74, 6) is 1.58. The smallest absolute Gasteiger partial charge is 0.0226 e. The van der Waals surface area contributed by atoms with E-state index in [-0.39, 0.29) is 0 Å². The largest absolute Gasteiger partial charge is 0.311 e. The van der Waals surface area contributed by atoms with Gasteiger partial charge in [0.05, 0.1) is 0 Å². The van der Waals surface area contributed by atoms with Crippen LogP contribution in [0.4, 0.5) is 0 Å². The fraction of sp³-hybridized carbons (Fsp3) is 1.00. The van der Waals surface area contributed by atoms with Crippen molar-refractivity contribution in [2.75, 3.05) is 13.1 Å². The van der Waals surface area contributed by atoms with Crippen molar-refractivity contribution in [3.05, 3.63) is 0 Å². The molecule has 1 saturated heterocycles. The highest BCUT2D eigenvalue weighted by atomic mass is 15.3. The van der Waals surface area contributed by atoms with Crippen LogP contribution in [0.2, 0.25) is 0 Å². The summed E-state index contributed by atoms with van der Waals surface area (Å²) in [4.78, 5) is 2.77. The third-order valence-corrected chi connectivity index (χ3v) is 4.72. The quantitative estimate of drug-likeness (QED) is 0.780. The molecule has 1 aliphatic heterocycles. The zero-order valence-corrected chi connectivity index (χ0v) is 13.4. The van der Waals surface area contributed by atoms with Crippen molar-refractivity contribution in [3.8, 4) is 0 Å². The minimum atomic E-state index is 0.687. The molecule has 0 bridgehead atoms. The standard InChI is InChI=1S/C16H34N2/c1-7-13(5)16-11-18(14(6)8-2)15(10-17-16)9-12(3)4/h12-17H,7-11H2,1-6H3. The molecule has 0 aliphatic carbocycles. The molecule has 0 amide bonds. The molecule has 2 heteroatoms. The van der Waals surface area contributed by atoms with Crippen LogP contribution in [-0.2, 0) is 0 Å². The summed E-state index contributed by atoms with van der Waals surface area (Å²) in [5.41, 5.74) is 0. The van der Waals surface area contributed by atoms with E-state index in [1.165, 1.54) is 32.4 Å². The zero-order chi connectivity index (χ0) is 13.7. The summed E-state index contributed by atoms with van der Waals surface area (Å²) in [6.45, 7) is 16.5. The first kappa shape index (κ1) is 16.0. The Morgan fingerprint density at radius 1 is 1.11 bits per heavy atom. The Kier molecular flexibility index (Phi) is 6.65. The van der Waals surface area contributed by atoms with Gasteiger partial charge in [0, 0.05) is 31.2 Å². The summed E-state index contributed by atoms with van der Waals surface area (Å²) in [5, 5.41) is 3.79. The topological polar surface area (TPSA) is 15.3 Å². The molecule has 1 heterocycles. The second kappa shape index (κ2) is 7.49. The van der Waals surface area contributed by atoms with Gasteiger partial charge in [-0.1, -0.05) is 41.0 Å². The van der Waals surface area contributed by atoms with Crippen LogP contribution in [0.25, 0.3) is 0 Å². The molecule has 0 radical (unpaired) electrons. The van der Waals surface area contributed by atoms with E-state index in [4.69, 9.17) is 0 Å². The van der Waals surface area contributed by atoms with Crippen LogP contribution in [0, 0.1) is 11.8 Å². The van der Waals surface area contributed by atoms with Crippen LogP contribution in [0.5, 0.6) is 0 Å². The molecule has 1 N–H and O–H groups in total. The monoisotopic (exact) mass is 254 g/mol. The Balaban J connectivity index is 2.66. The molecule has 0 saturated carbocycles. The maximum absolute atomic E-state index is 3.79. The molecule has 2 nitrogen and oxygen atoms in total. The van der Waals surface area contributed by atoms with Crippen molar-refractivity contribution >= 4 is 0 Å². The molecule has 4 atom stereocenters. The molecule has 0 aromatic heterocycles. The minimum absolute atomic E-state index is 0.687. The molecule has 1 rings (SSSR count). The van der Waals surface area contributed by atoms with Gasteiger partial charge in [0.15, 0.2) is 0 Å². The van der Waals surface area contributed by atoms with E-state index in [0.29, 0.717) is 6.04 Å². The van der Waals surface area contributed by atoms with Crippen molar-refractivity contribution in [2.24, 2.45) is 11.8 Å². The van der Waals surface area contributed by atoms with Crippen molar-refractivity contribution in [2.45, 2.75) is 78.9 Å². The second-order valence-electron chi connectivity index (χ2n) is 6.64. The van der Waals surface area contributed by atoms with Gasteiger partial charge < -0.3 is 5.32 Å². The first-order valence-corrected chi connectivity index (χ1v) is 7.98. The van der Waals surface area contributed by atoms with Gasteiger partial charge in [-0.15, -0.1) is 0 Å². The number of hydrogen-bond acceptors (Lipinski definition) is 2. The Hall–Kier alpha value is -0.0800. The Bertz CT molecular complexity index is 227. The zero-order valence-electron chi connectivity index (χ0n) is 13.4. The Morgan fingerprint density at radius 3 is 2.28 bits per heavy atom. The molecule has 1 aliphatic rings. The number of piperazine rings is 1. The van der Waals surface area contributed by atoms with Crippen LogP contribution in [0.1, 0.15) is 60.8 Å². The van der Waals surface area contributed by atoms with Crippen LogP contribution in [-0.4, -0.2) is 36.1 Å². The first-order valence-electron chi connectivity index (χ1n) is 7.98. The SMILES string of the molecule is CCC(C)C1CN(C(C)CC)C(CC(C)C)CN1. The van der Waals surface area contributed by atoms with Crippen LogP contribution >= 0.6 is 0 Å². The molecule has 18 heavy (non-hydrogen) atoms. The normalized spacial score (nSPS) is 29.5. The van der Waals surface area contributed by atoms with E-state index in [9.17, 15) is 0 Å². The summed E-state index contributed by atoms with van der Waals surface area (Å²) in [6.07, 6.45) is 3.87. The average molecular weight is 254 g/mol. The van der Waals surface area contributed by atoms with Crippen molar-refractivity contribution in [1.29, 1.82) is 0 Å². The average Bonchev–Trinajstić information content (AvgIpc) is 2.36. The highest BCUT2D eigenvalue weighted by molar-refractivity contribution is 4.90. The second-order valence-corrected chi connectivity index (χ2v) is 6.64. The number of nitrogens with zero attached hydrogens (tertiary/aromatic N) is 1. The highest BCUT2D eigenvalue weighted by Gasteiger charge is 2.32. The van der Waals surface area contributed by atoms with Crippen molar-refractivity contribution < 1.29 is 0 Å². The lowest BCUT2D eigenvalue weighted by atomic mass is 9.91. The van der Waals surface area contributed by atoms with Gasteiger partial charge in [0.1, 0.15) is 0 Å². The minimum Gasteiger partial charge on any atom is -0.311 e. The fourth-order valence-electron chi connectivity index (χ4n) is 3.05. The van der Waals surface area contributed by atoms with E-state index < -0.39 is 0 Å². The van der Waals surface area contributed by atoms with Gasteiger partial charge in [-0.05, 0) is 31.6 Å². The van der Waals surface area contributed by atoms with Crippen LogP contribution < -0.4 is 5.32 Å². The Labute approximate surface area is 115 Å². The molecular weight excluding hydrogens is 220 g/mol. The van der Waals surface area contributed by atoms with E-state index in [1.54, 1.807) is 0 Å². The summed E-state index contributed by atoms with van der Waals surface area (Å²) in [6, 6.07) is 2.15. The third kappa shape index (κ3) is 4.24. The molecule has 0 aromatic rings. The summed E-state index contributed by atoms with van der Waals surface area (Å²) >= 11 is 0. The van der Waals surface area contributed by atoms with E-state index in [1.807, 2.05) is 0 Å². The molecule has 108 valence electrons. The van der Waals surface area contributed by atoms with E-state index in [0.717, 1.165) is 23.9 Å². The summed E-state index contributed by atoms with van der Waals surface area (Å²) < 4.78 is 0. The van der Waals surface area contributed by atoms with Crippen LogP contribution in [0.15, 0.2) is 0 Å². The van der Waals surface area contributed by atoms with Gasteiger partial charge >= 0.3 is 0 Å².